The summed E-state index contributed by atoms with van der Waals surface area (Å²) < 4.78 is 9.62. The van der Waals surface area contributed by atoms with Gasteiger partial charge < -0.3 is 14.6 Å². The maximum atomic E-state index is 11.4. The number of hydrogen-bond donors (Lipinski definition) is 1. The molecular formula is C16H28O6. The highest BCUT2D eigenvalue weighted by molar-refractivity contribution is 5.70. The molecule has 1 N–H and O–H groups in total. The summed E-state index contributed by atoms with van der Waals surface area (Å²) in [7, 11) is 0. The molecule has 0 rings (SSSR count). The normalized spacial score (nSPS) is 10.2. The number of rotatable bonds is 14. The molecule has 0 spiro atoms. The lowest BCUT2D eigenvalue weighted by atomic mass is 10.1. The number of hydrogen-bond acceptors (Lipinski definition) is 5. The van der Waals surface area contributed by atoms with Crippen LogP contribution in [0.5, 0.6) is 0 Å². The standard InChI is InChI=1S/C16H28O6/c1-2-3-7-11-15(19)21-13-22-16(20)12-9-6-4-5-8-10-14(17)18/h2-13H2,1H3,(H,17,18). The first-order chi connectivity index (χ1) is 10.6. The SMILES string of the molecule is CCCCCC(=O)OCOC(=O)CCCCCCCC(=O)O. The maximum Gasteiger partial charge on any atom is 0.308 e. The van der Waals surface area contributed by atoms with E-state index in [1.165, 1.54) is 0 Å². The van der Waals surface area contributed by atoms with Crippen LogP contribution in [0.2, 0.25) is 0 Å². The molecule has 6 heteroatoms. The summed E-state index contributed by atoms with van der Waals surface area (Å²) in [6.07, 6.45) is 7.70. The first kappa shape index (κ1) is 20.4. The Morgan fingerprint density at radius 2 is 1.18 bits per heavy atom. The first-order valence-corrected chi connectivity index (χ1v) is 8.09. The zero-order valence-electron chi connectivity index (χ0n) is 13.5. The Bertz CT molecular complexity index is 327. The van der Waals surface area contributed by atoms with E-state index in [1.807, 2.05) is 0 Å². The second-order valence-corrected chi connectivity index (χ2v) is 5.27. The fourth-order valence-electron chi connectivity index (χ4n) is 1.90. The van der Waals surface area contributed by atoms with Crippen molar-refractivity contribution in [3.8, 4) is 0 Å². The molecule has 0 fully saturated rings. The van der Waals surface area contributed by atoms with Gasteiger partial charge in [0.25, 0.3) is 0 Å². The highest BCUT2D eigenvalue weighted by atomic mass is 16.7. The third-order valence-corrected chi connectivity index (χ3v) is 3.20. The molecule has 22 heavy (non-hydrogen) atoms. The largest absolute Gasteiger partial charge is 0.481 e. The van der Waals surface area contributed by atoms with Crippen molar-refractivity contribution >= 4 is 17.9 Å². The van der Waals surface area contributed by atoms with Gasteiger partial charge in [-0.25, -0.2) is 0 Å². The van der Waals surface area contributed by atoms with Crippen LogP contribution in [0.25, 0.3) is 0 Å². The van der Waals surface area contributed by atoms with Crippen molar-refractivity contribution in [2.45, 2.75) is 77.6 Å². The van der Waals surface area contributed by atoms with Crippen molar-refractivity contribution in [3.63, 3.8) is 0 Å². The monoisotopic (exact) mass is 316 g/mol. The second kappa shape index (κ2) is 14.4. The number of aliphatic carboxylic acids is 1. The molecule has 0 aromatic heterocycles. The molecule has 0 atom stereocenters. The number of carbonyl (C=O) groups excluding carboxylic acids is 2. The molecule has 0 aliphatic carbocycles. The second-order valence-electron chi connectivity index (χ2n) is 5.27. The predicted molar refractivity (Wildman–Crippen MR) is 81.1 cm³/mol. The van der Waals surface area contributed by atoms with Gasteiger partial charge in [0.15, 0.2) is 0 Å². The van der Waals surface area contributed by atoms with E-state index in [0.29, 0.717) is 25.7 Å². The van der Waals surface area contributed by atoms with Crippen LogP contribution in [0.1, 0.15) is 77.6 Å². The summed E-state index contributed by atoms with van der Waals surface area (Å²) in [4.78, 5) is 32.9. The zero-order valence-corrected chi connectivity index (χ0v) is 13.5. The van der Waals surface area contributed by atoms with E-state index in [9.17, 15) is 14.4 Å². The van der Waals surface area contributed by atoms with Crippen molar-refractivity contribution in [1.29, 1.82) is 0 Å². The van der Waals surface area contributed by atoms with Crippen LogP contribution < -0.4 is 0 Å². The van der Waals surface area contributed by atoms with Gasteiger partial charge in [-0.05, 0) is 19.3 Å². The minimum absolute atomic E-state index is 0.200. The fraction of sp³-hybridized carbons (Fsp3) is 0.812. The minimum Gasteiger partial charge on any atom is -0.481 e. The molecule has 0 saturated heterocycles. The molecule has 0 aromatic carbocycles. The molecule has 0 aliphatic rings. The summed E-state index contributed by atoms with van der Waals surface area (Å²) in [6, 6.07) is 0. The third kappa shape index (κ3) is 14.8. The van der Waals surface area contributed by atoms with E-state index in [2.05, 4.69) is 6.92 Å². The van der Waals surface area contributed by atoms with E-state index < -0.39 is 5.97 Å². The molecule has 0 saturated carbocycles. The molecule has 0 radical (unpaired) electrons. The molecule has 0 aromatic rings. The summed E-state index contributed by atoms with van der Waals surface area (Å²) in [5, 5.41) is 8.47. The molecule has 0 aliphatic heterocycles. The van der Waals surface area contributed by atoms with Crippen molar-refractivity contribution in [1.82, 2.24) is 0 Å². The number of ether oxygens (including phenoxy) is 2. The van der Waals surface area contributed by atoms with Crippen molar-refractivity contribution in [2.24, 2.45) is 0 Å². The van der Waals surface area contributed by atoms with Crippen LogP contribution in [-0.2, 0) is 23.9 Å². The van der Waals surface area contributed by atoms with Crippen LogP contribution in [-0.4, -0.2) is 29.8 Å². The van der Waals surface area contributed by atoms with Crippen LogP contribution in [0.4, 0.5) is 0 Å². The average molecular weight is 316 g/mol. The topological polar surface area (TPSA) is 89.9 Å². The summed E-state index contributed by atoms with van der Waals surface area (Å²) in [5.74, 6) is -1.47. The lowest BCUT2D eigenvalue weighted by Crippen LogP contribution is -2.12. The Morgan fingerprint density at radius 3 is 1.68 bits per heavy atom. The van der Waals surface area contributed by atoms with Gasteiger partial charge in [0.1, 0.15) is 0 Å². The minimum atomic E-state index is -0.771. The average Bonchev–Trinajstić information content (AvgIpc) is 2.46. The van der Waals surface area contributed by atoms with Gasteiger partial charge >= 0.3 is 17.9 Å². The smallest absolute Gasteiger partial charge is 0.308 e. The highest BCUT2D eigenvalue weighted by Gasteiger charge is 2.06. The Morgan fingerprint density at radius 1 is 0.727 bits per heavy atom. The van der Waals surface area contributed by atoms with Crippen LogP contribution >= 0.6 is 0 Å². The van der Waals surface area contributed by atoms with Gasteiger partial charge in [-0.2, -0.15) is 0 Å². The highest BCUT2D eigenvalue weighted by Crippen LogP contribution is 2.08. The molecule has 0 bridgehead atoms. The molecule has 0 amide bonds. The summed E-state index contributed by atoms with van der Waals surface area (Å²) in [6.45, 7) is 1.75. The van der Waals surface area contributed by atoms with Gasteiger partial charge in [0.05, 0.1) is 0 Å². The number of esters is 2. The number of carboxylic acid groups (broad SMARTS) is 1. The Hall–Kier alpha value is -1.59. The quantitative estimate of drug-likeness (QED) is 0.300. The first-order valence-electron chi connectivity index (χ1n) is 8.09. The van der Waals surface area contributed by atoms with Gasteiger partial charge in [-0.3, -0.25) is 14.4 Å². The predicted octanol–water partition coefficient (Wildman–Crippen LogP) is 3.43. The number of carbonyl (C=O) groups is 3. The molecule has 6 nitrogen and oxygen atoms in total. The molecule has 128 valence electrons. The van der Waals surface area contributed by atoms with E-state index in [4.69, 9.17) is 14.6 Å². The van der Waals surface area contributed by atoms with Gasteiger partial charge in [0, 0.05) is 19.3 Å². The number of carboxylic acids is 1. The molecule has 0 unspecified atom stereocenters. The molecular weight excluding hydrogens is 288 g/mol. The Kier molecular flexibility index (Phi) is 13.3. The Balaban J connectivity index is 3.36. The lowest BCUT2D eigenvalue weighted by Gasteiger charge is -2.06. The van der Waals surface area contributed by atoms with E-state index >= 15 is 0 Å². The maximum absolute atomic E-state index is 11.4. The third-order valence-electron chi connectivity index (χ3n) is 3.20. The van der Waals surface area contributed by atoms with Crippen molar-refractivity contribution in [3.05, 3.63) is 0 Å². The summed E-state index contributed by atoms with van der Waals surface area (Å²) >= 11 is 0. The fourth-order valence-corrected chi connectivity index (χ4v) is 1.90. The van der Waals surface area contributed by atoms with Crippen LogP contribution in [0.3, 0.4) is 0 Å². The lowest BCUT2D eigenvalue weighted by molar-refractivity contribution is -0.167. The molecule has 0 heterocycles. The van der Waals surface area contributed by atoms with E-state index in [0.717, 1.165) is 38.5 Å². The van der Waals surface area contributed by atoms with E-state index in [1.54, 1.807) is 0 Å². The zero-order chi connectivity index (χ0) is 16.6. The van der Waals surface area contributed by atoms with Crippen LogP contribution in [0, 0.1) is 0 Å². The summed E-state index contributed by atoms with van der Waals surface area (Å²) in [5.41, 5.74) is 0. The van der Waals surface area contributed by atoms with Gasteiger partial charge in [0.2, 0.25) is 6.79 Å². The van der Waals surface area contributed by atoms with E-state index in [-0.39, 0.29) is 25.2 Å². The Labute approximate surface area is 132 Å². The van der Waals surface area contributed by atoms with Gasteiger partial charge in [-0.15, -0.1) is 0 Å². The van der Waals surface area contributed by atoms with Gasteiger partial charge in [-0.1, -0.05) is 39.0 Å². The van der Waals surface area contributed by atoms with Crippen molar-refractivity contribution in [2.75, 3.05) is 6.79 Å². The number of unbranched alkanes of at least 4 members (excludes halogenated alkanes) is 6. The van der Waals surface area contributed by atoms with Crippen LogP contribution in [0.15, 0.2) is 0 Å². The van der Waals surface area contributed by atoms with Crippen molar-refractivity contribution < 1.29 is 29.0 Å².